The molecule has 0 radical (unpaired) electrons. The molecule has 2 N–H and O–H groups in total. The van der Waals surface area contributed by atoms with Gasteiger partial charge in [-0.05, 0) is 32.1 Å². The van der Waals surface area contributed by atoms with Gasteiger partial charge in [-0.2, -0.15) is 20.2 Å². The van der Waals surface area contributed by atoms with E-state index in [0.717, 1.165) is 23.3 Å². The molecule has 1 aliphatic rings. The molecule has 1 unspecified atom stereocenters. The number of fused-ring (bicyclic) bond motifs is 1. The van der Waals surface area contributed by atoms with Crippen LogP contribution in [0.5, 0.6) is 11.5 Å². The summed E-state index contributed by atoms with van der Waals surface area (Å²) in [6, 6.07) is 6.00. The number of aromatic nitrogens is 3. The lowest BCUT2D eigenvalue weighted by Crippen LogP contribution is -2.15. The van der Waals surface area contributed by atoms with E-state index in [2.05, 4.69) is 21.0 Å². The highest BCUT2D eigenvalue weighted by molar-refractivity contribution is 5.89. The Kier molecular flexibility index (Phi) is 5.12. The van der Waals surface area contributed by atoms with Gasteiger partial charge in [0.2, 0.25) is 11.9 Å². The minimum atomic E-state index is 0.0565. The highest BCUT2D eigenvalue weighted by Gasteiger charge is 2.22. The minimum Gasteiger partial charge on any atom is -0.493 e. The Labute approximate surface area is 158 Å². The van der Waals surface area contributed by atoms with E-state index in [1.54, 1.807) is 25.1 Å². The van der Waals surface area contributed by atoms with E-state index >= 15 is 0 Å². The van der Waals surface area contributed by atoms with Gasteiger partial charge >= 0.3 is 0 Å². The second-order valence-electron chi connectivity index (χ2n) is 6.44. The van der Waals surface area contributed by atoms with Crippen LogP contribution in [0.2, 0.25) is 0 Å². The standard InChI is InChI=1S/C19H22N6O2/c1-5-26-15-8-12-6-11(2)27-16(12)9-13(15)7-14(10-20)17-22-18(21)24-19(23-17)25(3)4/h7-9,11H,5-6H2,1-4H3,(H2,21,22,23,24)/b14-7+. The van der Waals surface area contributed by atoms with E-state index in [4.69, 9.17) is 15.2 Å². The molecule has 0 saturated heterocycles. The molecule has 0 saturated carbocycles. The number of allylic oxidation sites excluding steroid dienone is 1. The molecule has 1 aromatic heterocycles. The Morgan fingerprint density at radius 2 is 2.19 bits per heavy atom. The molecule has 1 aliphatic heterocycles. The topological polar surface area (TPSA) is 110 Å². The van der Waals surface area contributed by atoms with Crippen LogP contribution in [0, 0.1) is 11.3 Å². The lowest BCUT2D eigenvalue weighted by atomic mass is 10.0. The van der Waals surface area contributed by atoms with Crippen LogP contribution in [0.1, 0.15) is 30.8 Å². The average Bonchev–Trinajstić information content (AvgIpc) is 2.98. The van der Waals surface area contributed by atoms with Crippen LogP contribution in [0.3, 0.4) is 0 Å². The summed E-state index contributed by atoms with van der Waals surface area (Å²) < 4.78 is 11.6. The second-order valence-corrected chi connectivity index (χ2v) is 6.44. The van der Waals surface area contributed by atoms with Crippen molar-refractivity contribution in [2.75, 3.05) is 31.3 Å². The smallest absolute Gasteiger partial charge is 0.230 e. The number of benzene rings is 1. The van der Waals surface area contributed by atoms with Gasteiger partial charge in [-0.3, -0.25) is 0 Å². The Balaban J connectivity index is 2.09. The summed E-state index contributed by atoms with van der Waals surface area (Å²) in [6.07, 6.45) is 2.64. The normalized spacial score (nSPS) is 15.7. The van der Waals surface area contributed by atoms with Crippen molar-refractivity contribution in [1.29, 1.82) is 5.26 Å². The van der Waals surface area contributed by atoms with Crippen LogP contribution in [-0.2, 0) is 6.42 Å². The van der Waals surface area contributed by atoms with Gasteiger partial charge < -0.3 is 20.1 Å². The number of nitriles is 1. The number of anilines is 2. The first-order valence-corrected chi connectivity index (χ1v) is 8.68. The number of ether oxygens (including phenoxy) is 2. The van der Waals surface area contributed by atoms with Gasteiger partial charge in [-0.1, -0.05) is 0 Å². The molecule has 0 bridgehead atoms. The fraction of sp³-hybridized carbons (Fsp3) is 0.368. The summed E-state index contributed by atoms with van der Waals surface area (Å²) in [5.41, 5.74) is 7.87. The second kappa shape index (κ2) is 7.50. The van der Waals surface area contributed by atoms with Crippen LogP contribution in [0.15, 0.2) is 12.1 Å². The fourth-order valence-electron chi connectivity index (χ4n) is 2.85. The van der Waals surface area contributed by atoms with Gasteiger partial charge in [-0.15, -0.1) is 0 Å². The first-order valence-electron chi connectivity index (χ1n) is 8.68. The van der Waals surface area contributed by atoms with Crippen molar-refractivity contribution in [1.82, 2.24) is 15.0 Å². The summed E-state index contributed by atoms with van der Waals surface area (Å²) in [5, 5.41) is 9.67. The SMILES string of the molecule is CCOc1cc2c(cc1/C=C(\C#N)c1nc(N)nc(N(C)C)n1)OC(C)C2. The number of rotatable bonds is 5. The van der Waals surface area contributed by atoms with Crippen LogP contribution in [-0.4, -0.2) is 41.8 Å². The van der Waals surface area contributed by atoms with Gasteiger partial charge in [0.25, 0.3) is 0 Å². The highest BCUT2D eigenvalue weighted by atomic mass is 16.5. The molecule has 2 aromatic rings. The van der Waals surface area contributed by atoms with Gasteiger partial charge in [0.05, 0.1) is 12.2 Å². The number of nitrogens with two attached hydrogens (primary N) is 1. The number of hydrogen-bond acceptors (Lipinski definition) is 8. The molecule has 1 atom stereocenters. The molecular formula is C19H22N6O2. The van der Waals surface area contributed by atoms with E-state index in [1.165, 1.54) is 0 Å². The summed E-state index contributed by atoms with van der Waals surface area (Å²) in [7, 11) is 3.58. The zero-order chi connectivity index (χ0) is 19.6. The predicted octanol–water partition coefficient (Wildman–Crippen LogP) is 2.31. The van der Waals surface area contributed by atoms with Crippen molar-refractivity contribution in [3.63, 3.8) is 0 Å². The van der Waals surface area contributed by atoms with Crippen molar-refractivity contribution < 1.29 is 9.47 Å². The van der Waals surface area contributed by atoms with Crippen molar-refractivity contribution in [3.8, 4) is 17.6 Å². The van der Waals surface area contributed by atoms with E-state index < -0.39 is 0 Å². The first-order chi connectivity index (χ1) is 12.9. The van der Waals surface area contributed by atoms with Crippen LogP contribution < -0.4 is 20.1 Å². The summed E-state index contributed by atoms with van der Waals surface area (Å²) >= 11 is 0. The number of nitrogens with zero attached hydrogens (tertiary/aromatic N) is 5. The quantitative estimate of drug-likeness (QED) is 0.803. The molecule has 140 valence electrons. The Hall–Kier alpha value is -3.34. The molecule has 0 aliphatic carbocycles. The van der Waals surface area contributed by atoms with E-state index in [1.807, 2.05) is 26.0 Å². The first kappa shape index (κ1) is 18.5. The third-order valence-corrected chi connectivity index (χ3v) is 4.03. The van der Waals surface area contributed by atoms with Gasteiger partial charge in [-0.25, -0.2) is 0 Å². The maximum absolute atomic E-state index is 9.67. The fourth-order valence-corrected chi connectivity index (χ4v) is 2.85. The maximum atomic E-state index is 9.67. The molecule has 3 rings (SSSR count). The lowest BCUT2D eigenvalue weighted by Gasteiger charge is -2.12. The molecule has 8 nitrogen and oxygen atoms in total. The Morgan fingerprint density at radius 1 is 1.41 bits per heavy atom. The summed E-state index contributed by atoms with van der Waals surface area (Å²) in [6.45, 7) is 4.45. The van der Waals surface area contributed by atoms with E-state index in [0.29, 0.717) is 18.3 Å². The average molecular weight is 366 g/mol. The van der Waals surface area contributed by atoms with Crippen LogP contribution in [0.25, 0.3) is 11.6 Å². The molecule has 0 amide bonds. The third-order valence-electron chi connectivity index (χ3n) is 4.03. The van der Waals surface area contributed by atoms with Gasteiger partial charge in [0, 0.05) is 31.6 Å². The Morgan fingerprint density at radius 3 is 2.85 bits per heavy atom. The van der Waals surface area contributed by atoms with Crippen LogP contribution in [0.4, 0.5) is 11.9 Å². The summed E-state index contributed by atoms with van der Waals surface area (Å²) in [5.74, 6) is 2.15. The third kappa shape index (κ3) is 3.92. The van der Waals surface area contributed by atoms with Crippen molar-refractivity contribution in [2.24, 2.45) is 0 Å². The van der Waals surface area contributed by atoms with Crippen LogP contribution >= 0.6 is 0 Å². The molecule has 8 heteroatoms. The van der Waals surface area contributed by atoms with E-state index in [9.17, 15) is 5.26 Å². The van der Waals surface area contributed by atoms with Gasteiger partial charge in [0.1, 0.15) is 23.7 Å². The van der Waals surface area contributed by atoms with E-state index in [-0.39, 0.29) is 23.4 Å². The van der Waals surface area contributed by atoms with Crippen molar-refractivity contribution in [3.05, 3.63) is 29.1 Å². The molecule has 1 aromatic carbocycles. The molecular weight excluding hydrogens is 344 g/mol. The Bertz CT molecular complexity index is 933. The monoisotopic (exact) mass is 366 g/mol. The number of nitrogen functional groups attached to an aromatic ring is 1. The molecule has 27 heavy (non-hydrogen) atoms. The van der Waals surface area contributed by atoms with Crippen molar-refractivity contribution in [2.45, 2.75) is 26.4 Å². The molecule has 0 fully saturated rings. The zero-order valence-electron chi connectivity index (χ0n) is 15.9. The lowest BCUT2D eigenvalue weighted by molar-refractivity contribution is 0.254. The minimum absolute atomic E-state index is 0.0565. The molecule has 0 spiro atoms. The zero-order valence-corrected chi connectivity index (χ0v) is 15.9. The molecule has 2 heterocycles. The predicted molar refractivity (Wildman–Crippen MR) is 103 cm³/mol. The highest BCUT2D eigenvalue weighted by Crippen LogP contribution is 2.36. The largest absolute Gasteiger partial charge is 0.493 e. The van der Waals surface area contributed by atoms with Gasteiger partial charge in [0.15, 0.2) is 5.82 Å². The van der Waals surface area contributed by atoms with Crippen molar-refractivity contribution >= 4 is 23.5 Å². The maximum Gasteiger partial charge on any atom is 0.230 e. The summed E-state index contributed by atoms with van der Waals surface area (Å²) in [4.78, 5) is 14.2. The number of hydrogen-bond donors (Lipinski definition) is 1.